The lowest BCUT2D eigenvalue weighted by Crippen LogP contribution is -2.37. The maximum Gasteiger partial charge on any atom is 0.345 e. The Morgan fingerprint density at radius 3 is 2.65 bits per heavy atom. The minimum absolute atomic E-state index is 0.381. The summed E-state index contributed by atoms with van der Waals surface area (Å²) in [7, 11) is 3.88. The second kappa shape index (κ2) is 7.89. The molecule has 0 amide bonds. The smallest absolute Gasteiger partial charge is 0.345 e. The number of ether oxygens (including phenoxy) is 1. The quantitative estimate of drug-likeness (QED) is 0.843. The highest BCUT2D eigenvalue weighted by Gasteiger charge is 2.16. The predicted octanol–water partition coefficient (Wildman–Crippen LogP) is 2.58. The third-order valence-corrected chi connectivity index (χ3v) is 4.32. The molecule has 1 aromatic heterocycles. The van der Waals surface area contributed by atoms with Crippen molar-refractivity contribution in [3.8, 4) is 6.07 Å². The minimum atomic E-state index is -0.381. The van der Waals surface area contributed by atoms with Gasteiger partial charge < -0.3 is 19.0 Å². The minimum Gasteiger partial charge on any atom is -0.431 e. The first kappa shape index (κ1) is 17.8. The lowest BCUT2D eigenvalue weighted by molar-refractivity contribution is 0.122. The molecule has 0 aliphatic carbocycles. The average molecular weight is 351 g/mol. The van der Waals surface area contributed by atoms with Gasteiger partial charge in [0.2, 0.25) is 0 Å². The molecule has 0 bridgehead atoms. The fraction of sp³-hybridized carbons (Fsp3) is 0.300. The highest BCUT2D eigenvalue weighted by molar-refractivity contribution is 5.81. The molecule has 3 rings (SSSR count). The van der Waals surface area contributed by atoms with Gasteiger partial charge in [-0.25, -0.2) is 4.79 Å². The van der Waals surface area contributed by atoms with Crippen LogP contribution in [0.4, 0.5) is 11.4 Å². The van der Waals surface area contributed by atoms with Gasteiger partial charge in [0.05, 0.1) is 42.4 Å². The molecule has 6 nitrogen and oxygen atoms in total. The Bertz CT molecular complexity index is 903. The van der Waals surface area contributed by atoms with Crippen molar-refractivity contribution in [2.45, 2.75) is 0 Å². The molecule has 0 unspecified atom stereocenters. The summed E-state index contributed by atoms with van der Waals surface area (Å²) >= 11 is 0. The first-order valence-corrected chi connectivity index (χ1v) is 8.44. The van der Waals surface area contributed by atoms with Crippen LogP contribution in [-0.4, -0.2) is 40.4 Å². The van der Waals surface area contributed by atoms with Crippen molar-refractivity contribution in [2.24, 2.45) is 0 Å². The van der Waals surface area contributed by atoms with Crippen molar-refractivity contribution in [1.29, 1.82) is 5.26 Å². The summed E-state index contributed by atoms with van der Waals surface area (Å²) in [6.07, 6.45) is 5.04. The summed E-state index contributed by atoms with van der Waals surface area (Å²) in [5, 5.41) is 9.16. The number of anilines is 2. The van der Waals surface area contributed by atoms with Crippen molar-refractivity contribution in [3.63, 3.8) is 0 Å². The zero-order valence-corrected chi connectivity index (χ0v) is 14.9. The van der Waals surface area contributed by atoms with E-state index >= 15 is 0 Å². The molecule has 1 fully saturated rings. The number of nitrogens with zero attached hydrogens (tertiary/aromatic N) is 3. The van der Waals surface area contributed by atoms with E-state index in [0.717, 1.165) is 30.0 Å². The molecule has 0 spiro atoms. The van der Waals surface area contributed by atoms with Gasteiger partial charge in [-0.2, -0.15) is 5.26 Å². The molecule has 26 heavy (non-hydrogen) atoms. The van der Waals surface area contributed by atoms with Gasteiger partial charge in [0, 0.05) is 32.9 Å². The molecule has 6 heteroatoms. The lowest BCUT2D eigenvalue weighted by atomic mass is 10.1. The van der Waals surface area contributed by atoms with Crippen molar-refractivity contribution < 1.29 is 9.15 Å². The highest BCUT2D eigenvalue weighted by Crippen LogP contribution is 2.25. The molecule has 1 aliphatic heterocycles. The van der Waals surface area contributed by atoms with Crippen LogP contribution in [-0.2, 0) is 4.74 Å². The van der Waals surface area contributed by atoms with Crippen LogP contribution in [0, 0.1) is 11.3 Å². The standard InChI is InChI=1S/C20H21N3O3/c1-22(2)18-6-3-15(14-21)13-16(18)4-5-17-19(7-10-26-20(17)24)23-8-11-25-12-9-23/h3-7,10,13H,8-9,11-12H2,1-2H3/b5-4+. The summed E-state index contributed by atoms with van der Waals surface area (Å²) in [6.45, 7) is 2.74. The molecule has 2 aromatic rings. The van der Waals surface area contributed by atoms with E-state index in [0.29, 0.717) is 24.3 Å². The van der Waals surface area contributed by atoms with Crippen LogP contribution in [0.2, 0.25) is 0 Å². The number of nitriles is 1. The second-order valence-corrected chi connectivity index (χ2v) is 6.22. The zero-order valence-electron chi connectivity index (χ0n) is 14.9. The number of benzene rings is 1. The predicted molar refractivity (Wildman–Crippen MR) is 102 cm³/mol. The molecule has 0 saturated carbocycles. The molecule has 1 aliphatic rings. The van der Waals surface area contributed by atoms with E-state index in [2.05, 4.69) is 11.0 Å². The topological polar surface area (TPSA) is 69.7 Å². The fourth-order valence-electron chi connectivity index (χ4n) is 2.99. The Kier molecular flexibility index (Phi) is 5.40. The monoisotopic (exact) mass is 351 g/mol. The number of rotatable bonds is 4. The van der Waals surface area contributed by atoms with Crippen LogP contribution in [0.25, 0.3) is 12.2 Å². The molecule has 0 radical (unpaired) electrons. The highest BCUT2D eigenvalue weighted by atomic mass is 16.5. The third kappa shape index (κ3) is 3.79. The fourth-order valence-corrected chi connectivity index (χ4v) is 2.99. The maximum atomic E-state index is 12.3. The van der Waals surface area contributed by atoms with E-state index in [1.165, 1.54) is 6.26 Å². The summed E-state index contributed by atoms with van der Waals surface area (Å²) in [4.78, 5) is 16.4. The van der Waals surface area contributed by atoms with Gasteiger partial charge in [-0.05, 0) is 35.9 Å². The summed E-state index contributed by atoms with van der Waals surface area (Å²) in [5.41, 5.74) is 3.36. The third-order valence-electron chi connectivity index (χ3n) is 4.32. The van der Waals surface area contributed by atoms with E-state index in [1.54, 1.807) is 12.1 Å². The summed E-state index contributed by atoms with van der Waals surface area (Å²) in [6, 6.07) is 9.45. The van der Waals surface area contributed by atoms with E-state index in [4.69, 9.17) is 14.4 Å². The summed E-state index contributed by atoms with van der Waals surface area (Å²) in [5.74, 6) is 0. The molecule has 1 saturated heterocycles. The van der Waals surface area contributed by atoms with E-state index in [-0.39, 0.29) is 5.63 Å². The van der Waals surface area contributed by atoms with Crippen molar-refractivity contribution in [2.75, 3.05) is 50.2 Å². The van der Waals surface area contributed by atoms with Crippen molar-refractivity contribution >= 4 is 23.5 Å². The normalized spacial score (nSPS) is 14.4. The van der Waals surface area contributed by atoms with Crippen LogP contribution in [0.3, 0.4) is 0 Å². The van der Waals surface area contributed by atoms with E-state index in [9.17, 15) is 4.79 Å². The Hall–Kier alpha value is -3.04. The second-order valence-electron chi connectivity index (χ2n) is 6.22. The first-order chi connectivity index (χ1) is 12.6. The van der Waals surface area contributed by atoms with Crippen molar-refractivity contribution in [3.05, 3.63) is 57.6 Å². The van der Waals surface area contributed by atoms with Gasteiger partial charge in [0.15, 0.2) is 0 Å². The Labute approximate surface area is 152 Å². The molecule has 134 valence electrons. The number of hydrogen-bond acceptors (Lipinski definition) is 6. The Balaban J connectivity index is 2.01. The van der Waals surface area contributed by atoms with Gasteiger partial charge in [0.25, 0.3) is 0 Å². The maximum absolute atomic E-state index is 12.3. The molecule has 0 atom stereocenters. The molecule has 2 heterocycles. The molecular formula is C20H21N3O3. The van der Waals surface area contributed by atoms with Crippen LogP contribution >= 0.6 is 0 Å². The molecular weight excluding hydrogens is 330 g/mol. The zero-order chi connectivity index (χ0) is 18.5. The summed E-state index contributed by atoms with van der Waals surface area (Å²) < 4.78 is 10.5. The van der Waals surface area contributed by atoms with Crippen LogP contribution in [0.15, 0.2) is 39.7 Å². The van der Waals surface area contributed by atoms with Crippen LogP contribution in [0.5, 0.6) is 0 Å². The van der Waals surface area contributed by atoms with Gasteiger partial charge >= 0.3 is 5.63 Å². The van der Waals surface area contributed by atoms with E-state index in [1.807, 2.05) is 43.3 Å². The van der Waals surface area contributed by atoms with Gasteiger partial charge in [-0.1, -0.05) is 6.08 Å². The van der Waals surface area contributed by atoms with Crippen LogP contribution in [0.1, 0.15) is 16.7 Å². The van der Waals surface area contributed by atoms with Gasteiger partial charge in [-0.15, -0.1) is 0 Å². The average Bonchev–Trinajstić information content (AvgIpc) is 2.67. The van der Waals surface area contributed by atoms with Gasteiger partial charge in [0.1, 0.15) is 0 Å². The Morgan fingerprint density at radius 1 is 1.19 bits per heavy atom. The van der Waals surface area contributed by atoms with Crippen molar-refractivity contribution in [1.82, 2.24) is 0 Å². The lowest BCUT2D eigenvalue weighted by Gasteiger charge is -2.29. The number of hydrogen-bond donors (Lipinski definition) is 0. The van der Waals surface area contributed by atoms with Gasteiger partial charge in [-0.3, -0.25) is 0 Å². The molecule has 0 N–H and O–H groups in total. The largest absolute Gasteiger partial charge is 0.431 e. The van der Waals surface area contributed by atoms with E-state index < -0.39 is 0 Å². The van der Waals surface area contributed by atoms with Crippen LogP contribution < -0.4 is 15.4 Å². The first-order valence-electron chi connectivity index (χ1n) is 8.44. The number of morpholine rings is 1. The Morgan fingerprint density at radius 2 is 1.96 bits per heavy atom. The SMILES string of the molecule is CN(C)c1ccc(C#N)cc1/C=C/c1c(N2CCOCC2)ccoc1=O. The molecule has 1 aromatic carbocycles.